The van der Waals surface area contributed by atoms with Crippen LogP contribution in [0.5, 0.6) is 0 Å². The van der Waals surface area contributed by atoms with Crippen LogP contribution in [0.2, 0.25) is 0 Å². The average Bonchev–Trinajstić information content (AvgIpc) is 2.35. The Balaban J connectivity index is 4.34. The van der Waals surface area contributed by atoms with E-state index >= 15 is 0 Å². The fourth-order valence-electron chi connectivity index (χ4n) is 1.59. The van der Waals surface area contributed by atoms with Crippen molar-refractivity contribution >= 4 is 17.6 Å². The standard InChI is InChI=1S/C13H25N3O3/c1-6-11(10(5)17)16-13(19)9(4)15-12(18)8(3)14-7-2/h8-9,11,14H,6-7H2,1-5H3,(H,15,18)(H,16,19)/t8?,9-,11+/m1/s1. The lowest BCUT2D eigenvalue weighted by Crippen LogP contribution is -2.53. The third-order valence-electron chi connectivity index (χ3n) is 2.87. The summed E-state index contributed by atoms with van der Waals surface area (Å²) in [6.45, 7) is 9.16. The van der Waals surface area contributed by atoms with E-state index in [-0.39, 0.29) is 23.6 Å². The van der Waals surface area contributed by atoms with Crippen LogP contribution in [0.25, 0.3) is 0 Å². The van der Waals surface area contributed by atoms with Gasteiger partial charge in [-0.15, -0.1) is 0 Å². The van der Waals surface area contributed by atoms with Gasteiger partial charge in [0.2, 0.25) is 11.8 Å². The van der Waals surface area contributed by atoms with Crippen LogP contribution >= 0.6 is 0 Å². The zero-order valence-electron chi connectivity index (χ0n) is 12.4. The second kappa shape index (κ2) is 8.63. The van der Waals surface area contributed by atoms with Crippen LogP contribution in [-0.2, 0) is 14.4 Å². The van der Waals surface area contributed by atoms with Crippen molar-refractivity contribution in [3.63, 3.8) is 0 Å². The van der Waals surface area contributed by atoms with Gasteiger partial charge in [-0.2, -0.15) is 0 Å². The van der Waals surface area contributed by atoms with E-state index < -0.39 is 12.1 Å². The number of carbonyl (C=O) groups is 3. The Kier molecular flexibility index (Phi) is 7.98. The molecule has 0 rings (SSSR count). The second-order valence-corrected chi connectivity index (χ2v) is 4.59. The predicted octanol–water partition coefficient (Wildman–Crippen LogP) is -0.0271. The second-order valence-electron chi connectivity index (χ2n) is 4.59. The van der Waals surface area contributed by atoms with Gasteiger partial charge in [0, 0.05) is 0 Å². The molecule has 6 heteroatoms. The van der Waals surface area contributed by atoms with Gasteiger partial charge in [0.05, 0.1) is 12.1 Å². The van der Waals surface area contributed by atoms with Crippen molar-refractivity contribution in [1.29, 1.82) is 0 Å². The average molecular weight is 271 g/mol. The molecule has 0 aromatic carbocycles. The quantitative estimate of drug-likeness (QED) is 0.578. The summed E-state index contributed by atoms with van der Waals surface area (Å²) in [5.74, 6) is -0.671. The lowest BCUT2D eigenvalue weighted by Gasteiger charge is -2.20. The first kappa shape index (κ1) is 17.6. The molecule has 0 aliphatic heterocycles. The summed E-state index contributed by atoms with van der Waals surface area (Å²) < 4.78 is 0. The smallest absolute Gasteiger partial charge is 0.242 e. The van der Waals surface area contributed by atoms with Crippen molar-refractivity contribution in [2.75, 3.05) is 6.54 Å². The van der Waals surface area contributed by atoms with Gasteiger partial charge >= 0.3 is 0 Å². The molecule has 0 saturated carbocycles. The fraction of sp³-hybridized carbons (Fsp3) is 0.769. The Labute approximate surface area is 114 Å². The highest BCUT2D eigenvalue weighted by Gasteiger charge is 2.22. The zero-order chi connectivity index (χ0) is 15.0. The Bertz CT molecular complexity index is 331. The van der Waals surface area contributed by atoms with Gasteiger partial charge in [-0.25, -0.2) is 0 Å². The van der Waals surface area contributed by atoms with Crippen LogP contribution in [-0.4, -0.2) is 42.3 Å². The van der Waals surface area contributed by atoms with Crippen LogP contribution in [0.3, 0.4) is 0 Å². The van der Waals surface area contributed by atoms with Gasteiger partial charge in [0.1, 0.15) is 6.04 Å². The molecule has 3 atom stereocenters. The minimum Gasteiger partial charge on any atom is -0.345 e. The molecule has 3 N–H and O–H groups in total. The Morgan fingerprint density at radius 2 is 1.47 bits per heavy atom. The number of ketones is 1. The molecular weight excluding hydrogens is 246 g/mol. The lowest BCUT2D eigenvalue weighted by molar-refractivity contribution is -0.131. The molecule has 0 aliphatic carbocycles. The summed E-state index contributed by atoms with van der Waals surface area (Å²) in [5, 5.41) is 8.19. The third kappa shape index (κ3) is 6.33. The maximum atomic E-state index is 11.8. The van der Waals surface area contributed by atoms with Crippen molar-refractivity contribution < 1.29 is 14.4 Å². The number of hydrogen-bond acceptors (Lipinski definition) is 4. The normalized spacial score (nSPS) is 15.2. The van der Waals surface area contributed by atoms with E-state index in [0.29, 0.717) is 13.0 Å². The zero-order valence-corrected chi connectivity index (χ0v) is 12.4. The topological polar surface area (TPSA) is 87.3 Å². The maximum Gasteiger partial charge on any atom is 0.242 e. The molecule has 1 unspecified atom stereocenters. The number of nitrogens with one attached hydrogen (secondary N) is 3. The number of hydrogen-bond donors (Lipinski definition) is 3. The van der Waals surface area contributed by atoms with E-state index in [9.17, 15) is 14.4 Å². The first-order chi connectivity index (χ1) is 8.83. The molecule has 110 valence electrons. The maximum absolute atomic E-state index is 11.8. The fourth-order valence-corrected chi connectivity index (χ4v) is 1.59. The summed E-state index contributed by atoms with van der Waals surface area (Å²) >= 11 is 0. The first-order valence-corrected chi connectivity index (χ1v) is 6.68. The van der Waals surface area contributed by atoms with E-state index in [4.69, 9.17) is 0 Å². The third-order valence-corrected chi connectivity index (χ3v) is 2.87. The number of Topliss-reactive ketones (excluding diaryl/α,β-unsaturated/α-hetero) is 1. The molecule has 0 aliphatic rings. The van der Waals surface area contributed by atoms with Crippen LogP contribution in [0.4, 0.5) is 0 Å². The summed E-state index contributed by atoms with van der Waals surface area (Å²) in [6, 6.07) is -1.50. The number of rotatable bonds is 8. The largest absolute Gasteiger partial charge is 0.345 e. The highest BCUT2D eigenvalue weighted by Crippen LogP contribution is 1.95. The van der Waals surface area contributed by atoms with E-state index in [1.54, 1.807) is 13.8 Å². The SMILES string of the molecule is CCNC(C)C(=O)N[C@H](C)C(=O)N[C@@H](CC)C(C)=O. The minimum atomic E-state index is -0.665. The van der Waals surface area contributed by atoms with Crippen molar-refractivity contribution in [3.05, 3.63) is 0 Å². The van der Waals surface area contributed by atoms with Gasteiger partial charge in [-0.05, 0) is 33.7 Å². The first-order valence-electron chi connectivity index (χ1n) is 6.68. The van der Waals surface area contributed by atoms with Gasteiger partial charge in [0.15, 0.2) is 5.78 Å². The van der Waals surface area contributed by atoms with Crippen molar-refractivity contribution in [2.45, 2.75) is 59.2 Å². The molecule has 0 spiro atoms. The van der Waals surface area contributed by atoms with Gasteiger partial charge in [0.25, 0.3) is 0 Å². The Hall–Kier alpha value is -1.43. The molecule has 2 amide bonds. The monoisotopic (exact) mass is 271 g/mol. The van der Waals surface area contributed by atoms with Crippen molar-refractivity contribution in [2.24, 2.45) is 0 Å². The van der Waals surface area contributed by atoms with Crippen molar-refractivity contribution in [3.8, 4) is 0 Å². The molecule has 0 aromatic heterocycles. The van der Waals surface area contributed by atoms with Gasteiger partial charge < -0.3 is 16.0 Å². The van der Waals surface area contributed by atoms with Crippen molar-refractivity contribution in [1.82, 2.24) is 16.0 Å². The van der Waals surface area contributed by atoms with E-state index in [0.717, 1.165) is 0 Å². The molecular formula is C13H25N3O3. The molecule has 6 nitrogen and oxygen atoms in total. The van der Waals surface area contributed by atoms with E-state index in [1.165, 1.54) is 6.92 Å². The minimum absolute atomic E-state index is 0.0876. The summed E-state index contributed by atoms with van der Waals surface area (Å²) in [7, 11) is 0. The Morgan fingerprint density at radius 3 is 1.89 bits per heavy atom. The number of carbonyl (C=O) groups excluding carboxylic acids is 3. The molecule has 0 fully saturated rings. The molecule has 0 radical (unpaired) electrons. The molecule has 19 heavy (non-hydrogen) atoms. The van der Waals surface area contributed by atoms with E-state index in [1.807, 2.05) is 13.8 Å². The Morgan fingerprint density at radius 1 is 0.947 bits per heavy atom. The summed E-state index contributed by atoms with van der Waals surface area (Å²) in [4.78, 5) is 34.8. The van der Waals surface area contributed by atoms with Crippen LogP contribution < -0.4 is 16.0 Å². The van der Waals surface area contributed by atoms with Crippen LogP contribution in [0.15, 0.2) is 0 Å². The summed E-state index contributed by atoms with van der Waals surface area (Å²) in [6.07, 6.45) is 0.537. The van der Waals surface area contributed by atoms with Crippen LogP contribution in [0, 0.1) is 0 Å². The highest BCUT2D eigenvalue weighted by molar-refractivity contribution is 5.92. The molecule has 0 bridgehead atoms. The lowest BCUT2D eigenvalue weighted by atomic mass is 10.1. The van der Waals surface area contributed by atoms with E-state index in [2.05, 4.69) is 16.0 Å². The predicted molar refractivity (Wildman–Crippen MR) is 73.6 cm³/mol. The molecule has 0 aromatic rings. The van der Waals surface area contributed by atoms with Gasteiger partial charge in [-0.3, -0.25) is 14.4 Å². The van der Waals surface area contributed by atoms with Gasteiger partial charge in [-0.1, -0.05) is 13.8 Å². The summed E-state index contributed by atoms with van der Waals surface area (Å²) in [5.41, 5.74) is 0. The number of likely N-dealkylation sites (N-methyl/N-ethyl adjacent to an activating group) is 1. The van der Waals surface area contributed by atoms with Crippen LogP contribution in [0.1, 0.15) is 41.0 Å². The molecule has 0 saturated heterocycles. The highest BCUT2D eigenvalue weighted by atomic mass is 16.2. The molecule has 0 heterocycles. The number of amides is 2.